The Bertz CT molecular complexity index is 385. The van der Waals surface area contributed by atoms with E-state index < -0.39 is 0 Å². The molecule has 92 valence electrons. The number of hydrogen-bond donors (Lipinski definition) is 1. The lowest BCUT2D eigenvalue weighted by atomic mass is 9.87. The number of amides is 1. The average molecular weight is 254 g/mol. The Morgan fingerprint density at radius 3 is 2.59 bits per heavy atom. The van der Waals surface area contributed by atoms with Crippen molar-refractivity contribution in [2.45, 2.75) is 38.6 Å². The molecule has 0 bridgehead atoms. The van der Waals surface area contributed by atoms with Crippen LogP contribution in [-0.2, 0) is 0 Å². The molecule has 17 heavy (non-hydrogen) atoms. The summed E-state index contributed by atoms with van der Waals surface area (Å²) >= 11 is 5.62. The first-order chi connectivity index (χ1) is 8.15. The number of carbonyl (C=O) groups is 1. The van der Waals surface area contributed by atoms with Gasteiger partial charge in [-0.15, -0.1) is 10.2 Å². The van der Waals surface area contributed by atoms with Crippen molar-refractivity contribution < 1.29 is 4.79 Å². The van der Waals surface area contributed by atoms with E-state index in [0.717, 1.165) is 18.8 Å². The maximum atomic E-state index is 11.8. The van der Waals surface area contributed by atoms with E-state index in [1.807, 2.05) is 0 Å². The SMILES string of the molecule is CC1CCC(NC(=O)c2ccc(Cl)nn2)CC1. The maximum absolute atomic E-state index is 11.8. The van der Waals surface area contributed by atoms with Gasteiger partial charge >= 0.3 is 0 Å². The summed E-state index contributed by atoms with van der Waals surface area (Å²) in [6.45, 7) is 2.25. The topological polar surface area (TPSA) is 54.9 Å². The third kappa shape index (κ3) is 3.40. The molecule has 0 unspecified atom stereocenters. The summed E-state index contributed by atoms with van der Waals surface area (Å²) in [5.41, 5.74) is 0.327. The normalized spacial score (nSPS) is 24.4. The van der Waals surface area contributed by atoms with Crippen LogP contribution in [0.25, 0.3) is 0 Å². The predicted molar refractivity (Wildman–Crippen MR) is 65.9 cm³/mol. The molecule has 0 aliphatic heterocycles. The quantitative estimate of drug-likeness (QED) is 0.881. The summed E-state index contributed by atoms with van der Waals surface area (Å²) in [6, 6.07) is 3.44. The van der Waals surface area contributed by atoms with E-state index in [9.17, 15) is 4.79 Å². The van der Waals surface area contributed by atoms with Gasteiger partial charge in [0.05, 0.1) is 0 Å². The molecule has 1 amide bonds. The van der Waals surface area contributed by atoms with Crippen LogP contribution in [0.4, 0.5) is 0 Å². The van der Waals surface area contributed by atoms with E-state index >= 15 is 0 Å². The molecule has 1 N–H and O–H groups in total. The number of aromatic nitrogens is 2. The van der Waals surface area contributed by atoms with Gasteiger partial charge in [0.25, 0.3) is 5.91 Å². The van der Waals surface area contributed by atoms with Crippen LogP contribution in [0.15, 0.2) is 12.1 Å². The Hall–Kier alpha value is -1.16. The molecule has 4 nitrogen and oxygen atoms in total. The molecule has 0 spiro atoms. The fourth-order valence-electron chi connectivity index (χ4n) is 2.10. The Morgan fingerprint density at radius 1 is 1.29 bits per heavy atom. The van der Waals surface area contributed by atoms with E-state index in [-0.39, 0.29) is 11.9 Å². The largest absolute Gasteiger partial charge is 0.348 e. The monoisotopic (exact) mass is 253 g/mol. The van der Waals surface area contributed by atoms with Crippen molar-refractivity contribution >= 4 is 17.5 Å². The molecule has 0 saturated heterocycles. The summed E-state index contributed by atoms with van der Waals surface area (Å²) in [7, 11) is 0. The first kappa shape index (κ1) is 12.3. The van der Waals surface area contributed by atoms with Gasteiger partial charge in [-0.1, -0.05) is 18.5 Å². The zero-order chi connectivity index (χ0) is 12.3. The van der Waals surface area contributed by atoms with Crippen molar-refractivity contribution in [3.63, 3.8) is 0 Å². The fraction of sp³-hybridized carbons (Fsp3) is 0.583. The second-order valence-corrected chi connectivity index (χ2v) is 5.06. The lowest BCUT2D eigenvalue weighted by Gasteiger charge is -2.26. The average Bonchev–Trinajstić information content (AvgIpc) is 2.33. The maximum Gasteiger partial charge on any atom is 0.272 e. The van der Waals surface area contributed by atoms with E-state index in [0.29, 0.717) is 10.8 Å². The number of rotatable bonds is 2. The van der Waals surface area contributed by atoms with Gasteiger partial charge in [-0.05, 0) is 43.7 Å². The molecule has 1 aromatic heterocycles. The molecule has 1 aliphatic rings. The van der Waals surface area contributed by atoms with E-state index in [4.69, 9.17) is 11.6 Å². The second kappa shape index (κ2) is 5.45. The minimum Gasteiger partial charge on any atom is -0.348 e. The summed E-state index contributed by atoms with van der Waals surface area (Å²) in [4.78, 5) is 11.8. The zero-order valence-corrected chi connectivity index (χ0v) is 10.6. The van der Waals surface area contributed by atoms with Gasteiger partial charge in [-0.2, -0.15) is 0 Å². The Morgan fingerprint density at radius 2 is 2.00 bits per heavy atom. The molecule has 1 fully saturated rings. The van der Waals surface area contributed by atoms with E-state index in [1.54, 1.807) is 12.1 Å². The van der Waals surface area contributed by atoms with Crippen LogP contribution in [0.3, 0.4) is 0 Å². The molecule has 5 heteroatoms. The number of halogens is 1. The van der Waals surface area contributed by atoms with Crippen molar-refractivity contribution in [3.8, 4) is 0 Å². The predicted octanol–water partition coefficient (Wildman–Crippen LogP) is 2.44. The van der Waals surface area contributed by atoms with Crippen molar-refractivity contribution in [1.82, 2.24) is 15.5 Å². The van der Waals surface area contributed by atoms with Gasteiger partial charge in [0.2, 0.25) is 0 Å². The van der Waals surface area contributed by atoms with Crippen LogP contribution in [-0.4, -0.2) is 22.1 Å². The van der Waals surface area contributed by atoms with E-state index in [2.05, 4.69) is 22.4 Å². The molecule has 1 aliphatic carbocycles. The smallest absolute Gasteiger partial charge is 0.272 e. The number of nitrogens with zero attached hydrogens (tertiary/aromatic N) is 2. The van der Waals surface area contributed by atoms with Crippen molar-refractivity contribution in [3.05, 3.63) is 23.0 Å². The Kier molecular flexibility index (Phi) is 3.94. The lowest BCUT2D eigenvalue weighted by molar-refractivity contribution is 0.0917. The second-order valence-electron chi connectivity index (χ2n) is 4.67. The van der Waals surface area contributed by atoms with E-state index in [1.165, 1.54) is 12.8 Å². The van der Waals surface area contributed by atoms with Crippen LogP contribution in [0.1, 0.15) is 43.1 Å². The van der Waals surface area contributed by atoms with Crippen LogP contribution in [0, 0.1) is 5.92 Å². The first-order valence-electron chi connectivity index (χ1n) is 5.95. The summed E-state index contributed by atoms with van der Waals surface area (Å²) < 4.78 is 0. The minimum absolute atomic E-state index is 0.159. The van der Waals surface area contributed by atoms with Gasteiger partial charge in [0.15, 0.2) is 10.8 Å². The lowest BCUT2D eigenvalue weighted by Crippen LogP contribution is -2.37. The van der Waals surface area contributed by atoms with Crippen LogP contribution in [0.5, 0.6) is 0 Å². The molecule has 2 rings (SSSR count). The van der Waals surface area contributed by atoms with Crippen LogP contribution in [0.2, 0.25) is 5.15 Å². The van der Waals surface area contributed by atoms with Gasteiger partial charge in [0, 0.05) is 6.04 Å². The van der Waals surface area contributed by atoms with Gasteiger partial charge < -0.3 is 5.32 Å². The molecular weight excluding hydrogens is 238 g/mol. The molecule has 1 heterocycles. The third-order valence-electron chi connectivity index (χ3n) is 3.22. The van der Waals surface area contributed by atoms with Crippen LogP contribution < -0.4 is 5.32 Å². The van der Waals surface area contributed by atoms with Gasteiger partial charge in [0.1, 0.15) is 0 Å². The van der Waals surface area contributed by atoms with Crippen molar-refractivity contribution in [1.29, 1.82) is 0 Å². The standard InChI is InChI=1S/C12H16ClN3O/c1-8-2-4-9(5-3-8)14-12(17)10-6-7-11(13)16-15-10/h6-9H,2-5H2,1H3,(H,14,17). The Labute approximate surface area is 106 Å². The summed E-state index contributed by atoms with van der Waals surface area (Å²) in [5, 5.41) is 10.7. The highest BCUT2D eigenvalue weighted by molar-refractivity contribution is 6.29. The summed E-state index contributed by atoms with van der Waals surface area (Å²) in [6.07, 6.45) is 4.45. The van der Waals surface area contributed by atoms with Crippen molar-refractivity contribution in [2.75, 3.05) is 0 Å². The molecule has 1 saturated carbocycles. The van der Waals surface area contributed by atoms with Gasteiger partial charge in [-0.3, -0.25) is 4.79 Å². The zero-order valence-electron chi connectivity index (χ0n) is 9.82. The molecule has 0 aromatic carbocycles. The fourth-order valence-corrected chi connectivity index (χ4v) is 2.20. The number of hydrogen-bond acceptors (Lipinski definition) is 3. The third-order valence-corrected chi connectivity index (χ3v) is 3.42. The highest BCUT2D eigenvalue weighted by Crippen LogP contribution is 2.23. The molecule has 0 radical (unpaired) electrons. The van der Waals surface area contributed by atoms with Gasteiger partial charge in [-0.25, -0.2) is 0 Å². The Balaban J connectivity index is 1.91. The minimum atomic E-state index is -0.159. The first-order valence-corrected chi connectivity index (χ1v) is 6.33. The number of nitrogens with one attached hydrogen (secondary N) is 1. The molecule has 0 atom stereocenters. The van der Waals surface area contributed by atoms with Crippen LogP contribution >= 0.6 is 11.6 Å². The molecule has 1 aromatic rings. The molecular formula is C12H16ClN3O. The summed E-state index contributed by atoms with van der Waals surface area (Å²) in [5.74, 6) is 0.618. The highest BCUT2D eigenvalue weighted by atomic mass is 35.5. The van der Waals surface area contributed by atoms with Crippen molar-refractivity contribution in [2.24, 2.45) is 5.92 Å². The highest BCUT2D eigenvalue weighted by Gasteiger charge is 2.20. The number of carbonyl (C=O) groups excluding carboxylic acids is 1.